The first-order valence-corrected chi connectivity index (χ1v) is 10.4. The van der Waals surface area contributed by atoms with Crippen molar-refractivity contribution >= 4 is 17.5 Å². The van der Waals surface area contributed by atoms with Gasteiger partial charge in [0, 0.05) is 12.7 Å². The SMILES string of the molecule is Cc1ccc(NC(=O)CN(C)C(=O)[C@H](C)NC(c2ccccc2)c2ccccc2)cc1. The summed E-state index contributed by atoms with van der Waals surface area (Å²) in [5.41, 5.74) is 3.99. The molecule has 31 heavy (non-hydrogen) atoms. The summed E-state index contributed by atoms with van der Waals surface area (Å²) in [6.45, 7) is 3.81. The molecule has 0 aliphatic heterocycles. The van der Waals surface area contributed by atoms with Crippen LogP contribution in [0.5, 0.6) is 0 Å². The molecule has 0 heterocycles. The van der Waals surface area contributed by atoms with Crippen LogP contribution in [0.4, 0.5) is 5.69 Å². The summed E-state index contributed by atoms with van der Waals surface area (Å²) in [5.74, 6) is -0.370. The number of rotatable bonds is 8. The number of hydrogen-bond acceptors (Lipinski definition) is 3. The summed E-state index contributed by atoms with van der Waals surface area (Å²) in [6, 6.07) is 27.0. The summed E-state index contributed by atoms with van der Waals surface area (Å²) >= 11 is 0. The van der Waals surface area contributed by atoms with Crippen molar-refractivity contribution in [2.45, 2.75) is 25.9 Å². The molecule has 3 rings (SSSR count). The Labute approximate surface area is 184 Å². The van der Waals surface area contributed by atoms with Gasteiger partial charge < -0.3 is 10.2 Å². The summed E-state index contributed by atoms with van der Waals surface area (Å²) in [5, 5.41) is 6.27. The zero-order chi connectivity index (χ0) is 22.2. The molecule has 0 unspecified atom stereocenters. The van der Waals surface area contributed by atoms with Gasteiger partial charge in [0.15, 0.2) is 0 Å². The van der Waals surface area contributed by atoms with Gasteiger partial charge in [-0.2, -0.15) is 0 Å². The Morgan fingerprint density at radius 3 is 1.87 bits per heavy atom. The third-order valence-electron chi connectivity index (χ3n) is 5.15. The molecule has 0 spiro atoms. The van der Waals surface area contributed by atoms with Crippen molar-refractivity contribution in [2.75, 3.05) is 18.9 Å². The normalized spacial score (nSPS) is 11.7. The molecule has 5 heteroatoms. The van der Waals surface area contributed by atoms with E-state index in [1.165, 1.54) is 4.90 Å². The molecule has 0 radical (unpaired) electrons. The van der Waals surface area contributed by atoms with Crippen molar-refractivity contribution in [3.05, 3.63) is 102 Å². The summed E-state index contributed by atoms with van der Waals surface area (Å²) in [4.78, 5) is 26.8. The van der Waals surface area contributed by atoms with Crippen molar-refractivity contribution in [3.63, 3.8) is 0 Å². The maximum Gasteiger partial charge on any atom is 0.243 e. The van der Waals surface area contributed by atoms with Gasteiger partial charge in [-0.25, -0.2) is 0 Å². The lowest BCUT2D eigenvalue weighted by molar-refractivity contribution is -0.134. The Morgan fingerprint density at radius 2 is 1.35 bits per heavy atom. The predicted molar refractivity (Wildman–Crippen MR) is 125 cm³/mol. The molecular weight excluding hydrogens is 386 g/mol. The van der Waals surface area contributed by atoms with Gasteiger partial charge in [0.2, 0.25) is 11.8 Å². The van der Waals surface area contributed by atoms with Crippen LogP contribution in [0.1, 0.15) is 29.7 Å². The molecule has 5 nitrogen and oxygen atoms in total. The number of carbonyl (C=O) groups is 2. The Hall–Kier alpha value is -3.44. The Morgan fingerprint density at radius 1 is 0.839 bits per heavy atom. The largest absolute Gasteiger partial charge is 0.335 e. The zero-order valence-corrected chi connectivity index (χ0v) is 18.2. The molecule has 0 aliphatic rings. The van der Waals surface area contributed by atoms with E-state index in [0.29, 0.717) is 0 Å². The third-order valence-corrected chi connectivity index (χ3v) is 5.15. The predicted octanol–water partition coefficient (Wildman–Crippen LogP) is 4.16. The highest BCUT2D eigenvalue weighted by molar-refractivity contribution is 5.95. The minimum absolute atomic E-state index is 0.0138. The molecule has 0 fully saturated rings. The van der Waals surface area contributed by atoms with E-state index in [0.717, 1.165) is 22.4 Å². The molecule has 0 saturated heterocycles. The number of aryl methyl sites for hydroxylation is 1. The van der Waals surface area contributed by atoms with Crippen molar-refractivity contribution in [2.24, 2.45) is 0 Å². The Balaban J connectivity index is 1.64. The molecule has 160 valence electrons. The maximum absolute atomic E-state index is 13.0. The Kier molecular flexibility index (Phi) is 7.57. The second kappa shape index (κ2) is 10.5. The first-order valence-electron chi connectivity index (χ1n) is 10.4. The van der Waals surface area contributed by atoms with Crippen molar-refractivity contribution in [1.29, 1.82) is 0 Å². The van der Waals surface area contributed by atoms with Crippen LogP contribution in [-0.4, -0.2) is 36.3 Å². The number of carbonyl (C=O) groups excluding carboxylic acids is 2. The van der Waals surface area contributed by atoms with Crippen LogP contribution >= 0.6 is 0 Å². The average Bonchev–Trinajstić information content (AvgIpc) is 2.79. The van der Waals surface area contributed by atoms with E-state index in [1.54, 1.807) is 7.05 Å². The molecule has 2 N–H and O–H groups in total. The molecule has 2 amide bonds. The van der Waals surface area contributed by atoms with Gasteiger partial charge >= 0.3 is 0 Å². The average molecular weight is 416 g/mol. The monoisotopic (exact) mass is 415 g/mol. The molecule has 0 saturated carbocycles. The minimum Gasteiger partial charge on any atom is -0.335 e. The lowest BCUT2D eigenvalue weighted by Crippen LogP contribution is -2.46. The number of anilines is 1. The van der Waals surface area contributed by atoms with Gasteiger partial charge in [-0.15, -0.1) is 0 Å². The Bertz CT molecular complexity index is 949. The highest BCUT2D eigenvalue weighted by Crippen LogP contribution is 2.22. The first kappa shape index (κ1) is 22.2. The molecular formula is C26H29N3O2. The number of amides is 2. The topological polar surface area (TPSA) is 61.4 Å². The van der Waals surface area contributed by atoms with Crippen LogP contribution in [0.3, 0.4) is 0 Å². The van der Waals surface area contributed by atoms with E-state index in [1.807, 2.05) is 98.8 Å². The van der Waals surface area contributed by atoms with E-state index < -0.39 is 6.04 Å². The van der Waals surface area contributed by atoms with Crippen LogP contribution in [0.15, 0.2) is 84.9 Å². The van der Waals surface area contributed by atoms with Crippen molar-refractivity contribution < 1.29 is 9.59 Å². The van der Waals surface area contributed by atoms with Crippen LogP contribution in [0.2, 0.25) is 0 Å². The first-order chi connectivity index (χ1) is 14.9. The zero-order valence-electron chi connectivity index (χ0n) is 18.2. The van der Waals surface area contributed by atoms with Gasteiger partial charge in [-0.05, 0) is 37.1 Å². The van der Waals surface area contributed by atoms with Crippen LogP contribution in [0, 0.1) is 6.92 Å². The maximum atomic E-state index is 13.0. The summed E-state index contributed by atoms with van der Waals surface area (Å²) in [7, 11) is 1.65. The summed E-state index contributed by atoms with van der Waals surface area (Å²) in [6.07, 6.45) is 0. The van der Waals surface area contributed by atoms with Gasteiger partial charge in [0.25, 0.3) is 0 Å². The fourth-order valence-corrected chi connectivity index (χ4v) is 3.46. The van der Waals surface area contributed by atoms with E-state index in [9.17, 15) is 9.59 Å². The fourth-order valence-electron chi connectivity index (χ4n) is 3.46. The van der Waals surface area contributed by atoms with Crippen LogP contribution in [0.25, 0.3) is 0 Å². The van der Waals surface area contributed by atoms with Gasteiger partial charge in [-0.3, -0.25) is 14.9 Å². The van der Waals surface area contributed by atoms with Crippen molar-refractivity contribution in [1.82, 2.24) is 10.2 Å². The van der Waals surface area contributed by atoms with Gasteiger partial charge in [0.1, 0.15) is 0 Å². The third kappa shape index (κ3) is 6.27. The van der Waals surface area contributed by atoms with E-state index in [4.69, 9.17) is 0 Å². The molecule has 1 atom stereocenters. The van der Waals surface area contributed by atoms with E-state index in [-0.39, 0.29) is 24.4 Å². The molecule has 3 aromatic carbocycles. The van der Waals surface area contributed by atoms with Gasteiger partial charge in [0.05, 0.1) is 18.6 Å². The van der Waals surface area contributed by atoms with E-state index in [2.05, 4.69) is 10.6 Å². The molecule has 0 bridgehead atoms. The van der Waals surface area contributed by atoms with Crippen LogP contribution in [-0.2, 0) is 9.59 Å². The highest BCUT2D eigenvalue weighted by Gasteiger charge is 2.24. The number of benzene rings is 3. The second-order valence-electron chi connectivity index (χ2n) is 7.75. The highest BCUT2D eigenvalue weighted by atomic mass is 16.2. The standard InChI is InChI=1S/C26H29N3O2/c1-19-14-16-23(17-15-19)28-24(30)18-29(3)26(31)20(2)27-25(21-10-6-4-7-11-21)22-12-8-5-9-13-22/h4-17,20,25,27H,18H2,1-3H3,(H,28,30)/t20-/m0/s1. The summed E-state index contributed by atoms with van der Waals surface area (Å²) < 4.78 is 0. The molecule has 3 aromatic rings. The lowest BCUT2D eigenvalue weighted by Gasteiger charge is -2.27. The number of nitrogens with one attached hydrogen (secondary N) is 2. The fraction of sp³-hybridized carbons (Fsp3) is 0.231. The minimum atomic E-state index is -0.470. The van der Waals surface area contributed by atoms with Gasteiger partial charge in [-0.1, -0.05) is 78.4 Å². The smallest absolute Gasteiger partial charge is 0.243 e. The molecule has 0 aromatic heterocycles. The van der Waals surface area contributed by atoms with Crippen molar-refractivity contribution in [3.8, 4) is 0 Å². The molecule has 0 aliphatic carbocycles. The quantitative estimate of drug-likeness (QED) is 0.581. The van der Waals surface area contributed by atoms with Crippen LogP contribution < -0.4 is 10.6 Å². The number of likely N-dealkylation sites (N-methyl/N-ethyl adjacent to an activating group) is 1. The number of hydrogen-bond donors (Lipinski definition) is 2. The van der Waals surface area contributed by atoms with E-state index >= 15 is 0 Å². The second-order valence-corrected chi connectivity index (χ2v) is 7.75. The lowest BCUT2D eigenvalue weighted by atomic mass is 9.98. The number of nitrogens with zero attached hydrogens (tertiary/aromatic N) is 1.